The standard InChI is InChI=1S/C16H19ClN4O/c1-3-4-7-18-16(22)14-9-20-15(10-19-14)21-12-6-5-11(2)13(17)8-12/h5-6,8-10H,3-4,7H2,1-2H3,(H,18,22)(H,20,21). The van der Waals surface area contributed by atoms with Crippen molar-refractivity contribution < 1.29 is 4.79 Å². The minimum atomic E-state index is -0.203. The lowest BCUT2D eigenvalue weighted by Crippen LogP contribution is -2.25. The Morgan fingerprint density at radius 2 is 2.09 bits per heavy atom. The molecule has 0 aliphatic carbocycles. The van der Waals surface area contributed by atoms with E-state index in [0.29, 0.717) is 23.1 Å². The lowest BCUT2D eigenvalue weighted by molar-refractivity contribution is 0.0948. The number of anilines is 2. The van der Waals surface area contributed by atoms with E-state index in [4.69, 9.17) is 11.6 Å². The van der Waals surface area contributed by atoms with Gasteiger partial charge in [0.1, 0.15) is 11.5 Å². The first-order valence-corrected chi connectivity index (χ1v) is 7.61. The van der Waals surface area contributed by atoms with Gasteiger partial charge in [0.05, 0.1) is 12.4 Å². The average molecular weight is 319 g/mol. The summed E-state index contributed by atoms with van der Waals surface area (Å²) in [5.74, 6) is 0.357. The van der Waals surface area contributed by atoms with Gasteiger partial charge in [-0.2, -0.15) is 0 Å². The summed E-state index contributed by atoms with van der Waals surface area (Å²) in [6, 6.07) is 5.66. The third-order valence-corrected chi connectivity index (χ3v) is 3.55. The molecule has 5 nitrogen and oxygen atoms in total. The minimum Gasteiger partial charge on any atom is -0.351 e. The average Bonchev–Trinajstić information content (AvgIpc) is 2.52. The molecular formula is C16H19ClN4O. The normalized spacial score (nSPS) is 10.3. The Morgan fingerprint density at radius 3 is 2.73 bits per heavy atom. The number of hydrogen-bond donors (Lipinski definition) is 2. The fourth-order valence-corrected chi connectivity index (χ4v) is 1.98. The lowest BCUT2D eigenvalue weighted by atomic mass is 10.2. The van der Waals surface area contributed by atoms with Gasteiger partial charge in [0.15, 0.2) is 0 Å². The Balaban J connectivity index is 1.99. The molecule has 1 heterocycles. The van der Waals surface area contributed by atoms with Crippen LogP contribution in [0.3, 0.4) is 0 Å². The number of benzene rings is 1. The highest BCUT2D eigenvalue weighted by atomic mass is 35.5. The topological polar surface area (TPSA) is 66.9 Å². The summed E-state index contributed by atoms with van der Waals surface area (Å²) in [6.07, 6.45) is 4.98. The van der Waals surface area contributed by atoms with Crippen molar-refractivity contribution in [2.24, 2.45) is 0 Å². The van der Waals surface area contributed by atoms with E-state index in [2.05, 4.69) is 27.5 Å². The first-order chi connectivity index (χ1) is 10.6. The molecule has 0 saturated carbocycles. The zero-order valence-corrected chi connectivity index (χ0v) is 13.4. The quantitative estimate of drug-likeness (QED) is 0.797. The molecule has 1 aromatic heterocycles. The molecular weight excluding hydrogens is 300 g/mol. The van der Waals surface area contributed by atoms with Crippen LogP contribution in [0, 0.1) is 6.92 Å². The number of aryl methyl sites for hydroxylation is 1. The summed E-state index contributed by atoms with van der Waals surface area (Å²) in [4.78, 5) is 20.1. The molecule has 2 aromatic rings. The van der Waals surface area contributed by atoms with Crippen LogP contribution in [0.25, 0.3) is 0 Å². The van der Waals surface area contributed by atoms with E-state index in [9.17, 15) is 4.79 Å². The van der Waals surface area contributed by atoms with Crippen molar-refractivity contribution in [3.8, 4) is 0 Å². The third-order valence-electron chi connectivity index (χ3n) is 3.14. The summed E-state index contributed by atoms with van der Waals surface area (Å²) in [5, 5.41) is 6.59. The molecule has 116 valence electrons. The summed E-state index contributed by atoms with van der Waals surface area (Å²) in [5.41, 5.74) is 2.14. The van der Waals surface area contributed by atoms with Gasteiger partial charge in [-0.1, -0.05) is 31.0 Å². The van der Waals surface area contributed by atoms with Gasteiger partial charge in [-0.25, -0.2) is 9.97 Å². The van der Waals surface area contributed by atoms with Crippen LogP contribution in [0.5, 0.6) is 0 Å². The molecule has 0 radical (unpaired) electrons. The van der Waals surface area contributed by atoms with Gasteiger partial charge < -0.3 is 10.6 Å². The van der Waals surface area contributed by atoms with Crippen LogP contribution in [0.1, 0.15) is 35.8 Å². The van der Waals surface area contributed by atoms with Gasteiger partial charge in [0.25, 0.3) is 5.91 Å². The number of rotatable bonds is 6. The highest BCUT2D eigenvalue weighted by Crippen LogP contribution is 2.22. The summed E-state index contributed by atoms with van der Waals surface area (Å²) in [6.45, 7) is 4.67. The summed E-state index contributed by atoms with van der Waals surface area (Å²) in [7, 11) is 0. The molecule has 0 spiro atoms. The Kier molecular flexibility index (Phi) is 5.72. The van der Waals surface area contributed by atoms with Crippen LogP contribution in [0.4, 0.5) is 11.5 Å². The maximum absolute atomic E-state index is 11.8. The molecule has 2 N–H and O–H groups in total. The second kappa shape index (κ2) is 7.75. The fraction of sp³-hybridized carbons (Fsp3) is 0.312. The number of amides is 1. The monoisotopic (exact) mass is 318 g/mol. The number of carbonyl (C=O) groups excluding carboxylic acids is 1. The van der Waals surface area contributed by atoms with Crippen LogP contribution < -0.4 is 10.6 Å². The SMILES string of the molecule is CCCCNC(=O)c1cnc(Nc2ccc(C)c(Cl)c2)cn1. The van der Waals surface area contributed by atoms with Crippen LogP contribution in [0.2, 0.25) is 5.02 Å². The maximum Gasteiger partial charge on any atom is 0.271 e. The zero-order chi connectivity index (χ0) is 15.9. The second-order valence-corrected chi connectivity index (χ2v) is 5.39. The molecule has 1 aromatic carbocycles. The minimum absolute atomic E-state index is 0.203. The van der Waals surface area contributed by atoms with Gasteiger partial charge in [-0.3, -0.25) is 4.79 Å². The van der Waals surface area contributed by atoms with E-state index >= 15 is 0 Å². The largest absolute Gasteiger partial charge is 0.351 e. The van der Waals surface area contributed by atoms with Crippen LogP contribution in [-0.4, -0.2) is 22.4 Å². The molecule has 0 aliphatic heterocycles. The van der Waals surface area contributed by atoms with Gasteiger partial charge >= 0.3 is 0 Å². The van der Waals surface area contributed by atoms with Crippen molar-refractivity contribution in [1.82, 2.24) is 15.3 Å². The maximum atomic E-state index is 11.8. The Bertz CT molecular complexity index is 643. The number of nitrogens with zero attached hydrogens (tertiary/aromatic N) is 2. The van der Waals surface area contributed by atoms with Crippen molar-refractivity contribution in [1.29, 1.82) is 0 Å². The number of halogens is 1. The smallest absolute Gasteiger partial charge is 0.271 e. The lowest BCUT2D eigenvalue weighted by Gasteiger charge is -2.08. The predicted molar refractivity (Wildman–Crippen MR) is 88.7 cm³/mol. The molecule has 0 aliphatic rings. The van der Waals surface area contributed by atoms with Gasteiger partial charge in [0.2, 0.25) is 0 Å². The van der Waals surface area contributed by atoms with E-state index in [-0.39, 0.29) is 5.91 Å². The molecule has 22 heavy (non-hydrogen) atoms. The molecule has 0 fully saturated rings. The zero-order valence-electron chi connectivity index (χ0n) is 12.7. The van der Waals surface area contributed by atoms with Crippen molar-refractivity contribution in [2.45, 2.75) is 26.7 Å². The van der Waals surface area contributed by atoms with Crippen LogP contribution in [-0.2, 0) is 0 Å². The number of nitrogens with one attached hydrogen (secondary N) is 2. The van der Waals surface area contributed by atoms with Crippen molar-refractivity contribution in [3.63, 3.8) is 0 Å². The Morgan fingerprint density at radius 1 is 1.27 bits per heavy atom. The van der Waals surface area contributed by atoms with Crippen molar-refractivity contribution in [3.05, 3.63) is 46.9 Å². The van der Waals surface area contributed by atoms with E-state index in [1.807, 2.05) is 25.1 Å². The molecule has 0 saturated heterocycles. The summed E-state index contributed by atoms with van der Waals surface area (Å²) >= 11 is 6.08. The summed E-state index contributed by atoms with van der Waals surface area (Å²) < 4.78 is 0. The van der Waals surface area contributed by atoms with Gasteiger partial charge in [-0.15, -0.1) is 0 Å². The highest BCUT2D eigenvalue weighted by Gasteiger charge is 2.07. The second-order valence-electron chi connectivity index (χ2n) is 4.99. The Labute approximate surface area is 135 Å². The van der Waals surface area contributed by atoms with Gasteiger partial charge in [0, 0.05) is 17.3 Å². The third kappa shape index (κ3) is 4.43. The molecule has 0 atom stereocenters. The molecule has 1 amide bonds. The van der Waals surface area contributed by atoms with E-state index < -0.39 is 0 Å². The van der Waals surface area contributed by atoms with Gasteiger partial charge in [-0.05, 0) is 31.0 Å². The van der Waals surface area contributed by atoms with Crippen molar-refractivity contribution >= 4 is 29.0 Å². The molecule has 2 rings (SSSR count). The first kappa shape index (κ1) is 16.2. The van der Waals surface area contributed by atoms with E-state index in [1.54, 1.807) is 0 Å². The number of hydrogen-bond acceptors (Lipinski definition) is 4. The highest BCUT2D eigenvalue weighted by molar-refractivity contribution is 6.31. The first-order valence-electron chi connectivity index (χ1n) is 7.23. The van der Waals surface area contributed by atoms with Crippen molar-refractivity contribution in [2.75, 3.05) is 11.9 Å². The number of aromatic nitrogens is 2. The van der Waals surface area contributed by atoms with Crippen LogP contribution >= 0.6 is 11.6 Å². The van der Waals surface area contributed by atoms with E-state index in [0.717, 1.165) is 24.1 Å². The fourth-order valence-electron chi connectivity index (χ4n) is 1.80. The molecule has 0 bridgehead atoms. The molecule has 6 heteroatoms. The predicted octanol–water partition coefficient (Wildman–Crippen LogP) is 3.71. The number of unbranched alkanes of at least 4 members (excludes halogenated alkanes) is 1. The Hall–Kier alpha value is -2.14. The number of carbonyl (C=O) groups is 1. The van der Waals surface area contributed by atoms with E-state index in [1.165, 1.54) is 12.4 Å². The van der Waals surface area contributed by atoms with Crippen LogP contribution in [0.15, 0.2) is 30.6 Å². The molecule has 0 unspecified atom stereocenters.